The van der Waals surface area contributed by atoms with Gasteiger partial charge in [0, 0.05) is 29.7 Å². The number of thioether (sulfide) groups is 1. The number of benzene rings is 1. The van der Waals surface area contributed by atoms with Crippen LogP contribution in [0.2, 0.25) is 0 Å². The molecular weight excluding hydrogens is 289 g/mol. The molecule has 0 spiro atoms. The fraction of sp³-hybridized carbons (Fsp3) is 0.500. The molecule has 19 heavy (non-hydrogen) atoms. The maximum Gasteiger partial charge on any atom is 0.243 e. The number of nitrogens with zero attached hydrogens (tertiary/aromatic N) is 1. The van der Waals surface area contributed by atoms with Crippen molar-refractivity contribution in [3.63, 3.8) is 0 Å². The molecule has 0 radical (unpaired) electrons. The molecule has 1 aromatic rings. The van der Waals surface area contributed by atoms with Gasteiger partial charge in [0.15, 0.2) is 0 Å². The van der Waals surface area contributed by atoms with E-state index in [0.717, 1.165) is 17.6 Å². The van der Waals surface area contributed by atoms with Crippen LogP contribution in [0.4, 0.5) is 4.39 Å². The van der Waals surface area contributed by atoms with Gasteiger partial charge in [-0.2, -0.15) is 16.1 Å². The molecule has 1 aliphatic rings. The number of rotatable bonds is 3. The molecule has 0 aliphatic carbocycles. The first-order valence-corrected chi connectivity index (χ1v) is 8.55. The average molecular weight is 305 g/mol. The van der Waals surface area contributed by atoms with E-state index in [1.807, 2.05) is 6.92 Å². The summed E-state index contributed by atoms with van der Waals surface area (Å²) >= 11 is 1.72. The Morgan fingerprint density at radius 1 is 1.53 bits per heavy atom. The summed E-state index contributed by atoms with van der Waals surface area (Å²) < 4.78 is 39.7. The van der Waals surface area contributed by atoms with E-state index in [4.69, 9.17) is 5.11 Å². The molecule has 1 fully saturated rings. The molecular formula is C12H16FNO3S2. The second kappa shape index (κ2) is 5.78. The largest absolute Gasteiger partial charge is 0.392 e. The quantitative estimate of drug-likeness (QED) is 0.918. The Morgan fingerprint density at radius 3 is 2.89 bits per heavy atom. The highest BCUT2D eigenvalue weighted by atomic mass is 32.2. The molecule has 1 heterocycles. The molecule has 1 atom stereocenters. The van der Waals surface area contributed by atoms with Gasteiger partial charge in [0.2, 0.25) is 10.0 Å². The number of halogens is 1. The summed E-state index contributed by atoms with van der Waals surface area (Å²) in [4.78, 5) is 0.0386. The molecule has 1 unspecified atom stereocenters. The number of hydrogen-bond donors (Lipinski definition) is 1. The zero-order chi connectivity index (χ0) is 14.0. The van der Waals surface area contributed by atoms with E-state index < -0.39 is 22.4 Å². The molecule has 0 amide bonds. The van der Waals surface area contributed by atoms with Crippen molar-refractivity contribution in [2.24, 2.45) is 0 Å². The van der Waals surface area contributed by atoms with Crippen LogP contribution in [0.5, 0.6) is 0 Å². The highest BCUT2D eigenvalue weighted by Gasteiger charge is 2.31. The minimum atomic E-state index is -3.62. The molecule has 0 aromatic heterocycles. The van der Waals surface area contributed by atoms with Gasteiger partial charge in [0.05, 0.1) is 11.5 Å². The van der Waals surface area contributed by atoms with Crippen molar-refractivity contribution < 1.29 is 17.9 Å². The Morgan fingerprint density at radius 2 is 2.26 bits per heavy atom. The summed E-state index contributed by atoms with van der Waals surface area (Å²) in [6.45, 7) is 1.81. The molecule has 7 heteroatoms. The molecule has 106 valence electrons. The van der Waals surface area contributed by atoms with Crippen LogP contribution in [0.15, 0.2) is 23.1 Å². The van der Waals surface area contributed by atoms with Crippen molar-refractivity contribution in [1.82, 2.24) is 4.31 Å². The molecule has 1 saturated heterocycles. The Kier molecular flexibility index (Phi) is 4.50. The van der Waals surface area contributed by atoms with Gasteiger partial charge in [-0.15, -0.1) is 0 Å². The van der Waals surface area contributed by atoms with Gasteiger partial charge in [-0.1, -0.05) is 0 Å². The Balaban J connectivity index is 2.38. The van der Waals surface area contributed by atoms with Gasteiger partial charge < -0.3 is 5.11 Å². The van der Waals surface area contributed by atoms with Crippen LogP contribution in [0.25, 0.3) is 0 Å². The van der Waals surface area contributed by atoms with Gasteiger partial charge in [0.1, 0.15) is 5.82 Å². The Bertz CT molecular complexity index is 562. The minimum absolute atomic E-state index is 0.000104. The zero-order valence-electron chi connectivity index (χ0n) is 10.5. The van der Waals surface area contributed by atoms with Gasteiger partial charge >= 0.3 is 0 Å². The molecule has 4 nitrogen and oxygen atoms in total. The third-order valence-electron chi connectivity index (χ3n) is 3.10. The zero-order valence-corrected chi connectivity index (χ0v) is 12.2. The second-order valence-corrected chi connectivity index (χ2v) is 7.49. The first kappa shape index (κ1) is 14.8. The van der Waals surface area contributed by atoms with E-state index >= 15 is 0 Å². The van der Waals surface area contributed by atoms with Gasteiger partial charge in [-0.3, -0.25) is 0 Å². The van der Waals surface area contributed by atoms with E-state index in [0.29, 0.717) is 6.54 Å². The van der Waals surface area contributed by atoms with Crippen molar-refractivity contribution in [2.45, 2.75) is 24.5 Å². The lowest BCUT2D eigenvalue weighted by Gasteiger charge is -2.32. The lowest BCUT2D eigenvalue weighted by molar-refractivity contribution is 0.275. The number of aliphatic hydroxyl groups excluding tert-OH is 1. The molecule has 1 aliphatic heterocycles. The van der Waals surface area contributed by atoms with Crippen LogP contribution in [0.1, 0.15) is 12.5 Å². The lowest BCUT2D eigenvalue weighted by atomic mass is 10.2. The number of aliphatic hydroxyl groups is 1. The van der Waals surface area contributed by atoms with Crippen LogP contribution < -0.4 is 0 Å². The SMILES string of the molecule is CC1CSCCN1S(=O)(=O)c1ccc(F)c(CO)c1. The van der Waals surface area contributed by atoms with E-state index in [2.05, 4.69) is 0 Å². The third-order valence-corrected chi connectivity index (χ3v) is 6.30. The first-order chi connectivity index (χ1) is 8.96. The average Bonchev–Trinajstić information content (AvgIpc) is 2.39. The maximum atomic E-state index is 13.3. The summed E-state index contributed by atoms with van der Waals surface area (Å²) in [5, 5.41) is 9.02. The molecule has 1 N–H and O–H groups in total. The monoisotopic (exact) mass is 305 g/mol. The van der Waals surface area contributed by atoms with E-state index in [1.54, 1.807) is 11.8 Å². The van der Waals surface area contributed by atoms with E-state index in [-0.39, 0.29) is 16.5 Å². The smallest absolute Gasteiger partial charge is 0.243 e. The predicted molar refractivity (Wildman–Crippen MR) is 73.0 cm³/mol. The van der Waals surface area contributed by atoms with Crippen molar-refractivity contribution in [3.05, 3.63) is 29.6 Å². The molecule has 0 bridgehead atoms. The number of sulfonamides is 1. The Hall–Kier alpha value is -0.630. The second-order valence-electron chi connectivity index (χ2n) is 4.45. The summed E-state index contributed by atoms with van der Waals surface area (Å²) in [5.41, 5.74) is 0.000104. The molecule has 0 saturated carbocycles. The molecule has 1 aromatic carbocycles. The highest BCUT2D eigenvalue weighted by molar-refractivity contribution is 7.99. The van der Waals surface area contributed by atoms with Crippen molar-refractivity contribution in [1.29, 1.82) is 0 Å². The van der Waals surface area contributed by atoms with Gasteiger partial charge in [-0.05, 0) is 25.1 Å². The fourth-order valence-corrected chi connectivity index (χ4v) is 4.94. The number of hydrogen-bond acceptors (Lipinski definition) is 4. The topological polar surface area (TPSA) is 57.6 Å². The van der Waals surface area contributed by atoms with Gasteiger partial charge in [0.25, 0.3) is 0 Å². The van der Waals surface area contributed by atoms with Crippen LogP contribution in [-0.4, -0.2) is 41.9 Å². The van der Waals surface area contributed by atoms with Crippen LogP contribution in [-0.2, 0) is 16.6 Å². The third kappa shape index (κ3) is 2.94. The highest BCUT2D eigenvalue weighted by Crippen LogP contribution is 2.25. The van der Waals surface area contributed by atoms with Gasteiger partial charge in [-0.25, -0.2) is 12.8 Å². The molecule has 2 rings (SSSR count). The van der Waals surface area contributed by atoms with Crippen molar-refractivity contribution >= 4 is 21.8 Å². The van der Waals surface area contributed by atoms with Crippen LogP contribution in [0.3, 0.4) is 0 Å². The summed E-state index contributed by atoms with van der Waals surface area (Å²) in [5.74, 6) is 0.925. The lowest BCUT2D eigenvalue weighted by Crippen LogP contribution is -2.44. The fourth-order valence-electron chi connectivity index (χ4n) is 2.04. The minimum Gasteiger partial charge on any atom is -0.392 e. The summed E-state index contributed by atoms with van der Waals surface area (Å²) in [6, 6.07) is 3.46. The predicted octanol–water partition coefficient (Wildman–Crippen LogP) is 1.44. The van der Waals surface area contributed by atoms with Crippen molar-refractivity contribution in [2.75, 3.05) is 18.1 Å². The van der Waals surface area contributed by atoms with Crippen LogP contribution >= 0.6 is 11.8 Å². The summed E-state index contributed by atoms with van der Waals surface area (Å²) in [7, 11) is -3.62. The van der Waals surface area contributed by atoms with E-state index in [1.165, 1.54) is 16.4 Å². The Labute approximate surface area is 116 Å². The normalized spacial score (nSPS) is 21.5. The standard InChI is InChI=1S/C12H16FNO3S2/c1-9-8-18-5-4-14(9)19(16,17)11-2-3-12(13)10(6-11)7-15/h2-3,6,9,15H,4-5,7-8H2,1H3. The van der Waals surface area contributed by atoms with E-state index in [9.17, 15) is 12.8 Å². The first-order valence-electron chi connectivity index (χ1n) is 5.95. The van der Waals surface area contributed by atoms with Crippen molar-refractivity contribution in [3.8, 4) is 0 Å². The van der Waals surface area contributed by atoms with Crippen LogP contribution in [0, 0.1) is 5.82 Å². The maximum absolute atomic E-state index is 13.3. The summed E-state index contributed by atoms with van der Waals surface area (Å²) in [6.07, 6.45) is 0.